The topological polar surface area (TPSA) is 108 Å². The maximum Gasteiger partial charge on any atom is 0.273 e. The van der Waals surface area contributed by atoms with E-state index < -0.39 is 0 Å². The summed E-state index contributed by atoms with van der Waals surface area (Å²) < 4.78 is 13.1. The van der Waals surface area contributed by atoms with Crippen LogP contribution >= 0.6 is 11.6 Å². The molecule has 0 bridgehead atoms. The van der Waals surface area contributed by atoms with E-state index in [1.54, 1.807) is 17.7 Å². The zero-order chi connectivity index (χ0) is 27.0. The molecule has 9 nitrogen and oxygen atoms in total. The molecule has 0 aliphatic carbocycles. The molecule has 3 aromatic heterocycles. The Morgan fingerprint density at radius 2 is 2.00 bits per heavy atom. The molecule has 2 aromatic carbocycles. The number of nitrogens with zero attached hydrogens (tertiary/aromatic N) is 5. The average Bonchev–Trinajstić information content (AvgIpc) is 3.50. The minimum Gasteiger partial charge on any atom is -0.487 e. The van der Waals surface area contributed by atoms with Gasteiger partial charge in [0.15, 0.2) is 11.5 Å². The number of carbonyl (C=O) groups is 1. The Labute approximate surface area is 224 Å². The number of hydrogen-bond acceptors (Lipinski definition) is 7. The van der Waals surface area contributed by atoms with Crippen molar-refractivity contribution in [1.29, 1.82) is 0 Å². The number of aromatic nitrogens is 5. The first-order chi connectivity index (χ1) is 18.2. The van der Waals surface area contributed by atoms with Gasteiger partial charge in [-0.25, -0.2) is 14.6 Å². The lowest BCUT2D eigenvalue weighted by Gasteiger charge is -2.20. The summed E-state index contributed by atoms with van der Waals surface area (Å²) in [5, 5.41) is 12.5. The van der Waals surface area contributed by atoms with Gasteiger partial charge in [-0.2, -0.15) is 5.10 Å². The molecule has 0 aliphatic rings. The van der Waals surface area contributed by atoms with Crippen molar-refractivity contribution in [2.45, 2.75) is 40.3 Å². The third-order valence-electron chi connectivity index (χ3n) is 6.30. The molecule has 5 rings (SSSR count). The Balaban J connectivity index is 1.47. The third kappa shape index (κ3) is 4.97. The normalized spacial score (nSPS) is 12.1. The molecule has 1 atom stereocenters. The van der Waals surface area contributed by atoms with Crippen LogP contribution in [0.4, 0.5) is 0 Å². The van der Waals surface area contributed by atoms with Crippen LogP contribution in [-0.4, -0.2) is 30.8 Å². The first-order valence-electron chi connectivity index (χ1n) is 12.1. The summed E-state index contributed by atoms with van der Waals surface area (Å²) in [4.78, 5) is 21.9. The number of ether oxygens (including phenoxy) is 1. The van der Waals surface area contributed by atoms with E-state index in [-0.39, 0.29) is 24.2 Å². The highest BCUT2D eigenvalue weighted by molar-refractivity contribution is 6.31. The maximum absolute atomic E-state index is 12.7. The van der Waals surface area contributed by atoms with Crippen molar-refractivity contribution in [2.75, 3.05) is 0 Å². The number of pyridine rings is 1. The van der Waals surface area contributed by atoms with Crippen LogP contribution in [0.5, 0.6) is 5.75 Å². The molecule has 10 heteroatoms. The molecular formula is C28H27ClN6O3. The predicted molar refractivity (Wildman–Crippen MR) is 144 cm³/mol. The SMILES string of the molecule is Cc1cc(Cl)c(COc2cccc3c(-c4ncnn4C)cc(C)nc23)c([C@H](C)NC(=O)c2cc(C)on2)c1. The summed E-state index contributed by atoms with van der Waals surface area (Å²) in [6.45, 7) is 7.72. The first-order valence-corrected chi connectivity index (χ1v) is 12.5. The molecule has 1 amide bonds. The number of carbonyl (C=O) groups excluding carboxylic acids is 1. The van der Waals surface area contributed by atoms with E-state index in [0.717, 1.165) is 44.7 Å². The molecule has 0 saturated heterocycles. The molecule has 5 aromatic rings. The van der Waals surface area contributed by atoms with Crippen molar-refractivity contribution < 1.29 is 14.1 Å². The molecule has 0 aliphatic heterocycles. The van der Waals surface area contributed by atoms with Gasteiger partial charge in [0, 0.05) is 40.3 Å². The van der Waals surface area contributed by atoms with Crippen LogP contribution in [0.15, 0.2) is 53.3 Å². The number of hydrogen-bond donors (Lipinski definition) is 1. The second kappa shape index (κ2) is 10.3. The van der Waals surface area contributed by atoms with Crippen LogP contribution in [0.2, 0.25) is 5.02 Å². The van der Waals surface area contributed by atoms with Gasteiger partial charge in [-0.05, 0) is 57.0 Å². The Hall–Kier alpha value is -4.24. The highest BCUT2D eigenvalue weighted by Gasteiger charge is 2.20. The van der Waals surface area contributed by atoms with E-state index in [2.05, 4.69) is 20.6 Å². The summed E-state index contributed by atoms with van der Waals surface area (Å²) in [7, 11) is 1.86. The largest absolute Gasteiger partial charge is 0.487 e. The molecule has 0 unspecified atom stereocenters. The number of para-hydroxylation sites is 1. The standard InChI is InChI=1S/C28H27ClN6O3/c1-15-9-20(18(4)33-28(36)24-12-17(3)38-34-24)22(23(29)10-15)13-37-25-8-6-7-19-21(11-16(2)32-26(19)25)27-30-14-31-35(27)5/h6-12,14,18H,13H2,1-5H3,(H,33,36)/t18-/m0/s1. The van der Waals surface area contributed by atoms with E-state index in [1.165, 1.54) is 6.33 Å². The van der Waals surface area contributed by atoms with Crippen molar-refractivity contribution >= 4 is 28.4 Å². The lowest BCUT2D eigenvalue weighted by atomic mass is 9.99. The molecule has 3 heterocycles. The Bertz CT molecular complexity index is 1660. The van der Waals surface area contributed by atoms with Crippen LogP contribution in [0, 0.1) is 20.8 Å². The van der Waals surface area contributed by atoms with Crippen molar-refractivity contribution in [3.8, 4) is 17.1 Å². The highest BCUT2D eigenvalue weighted by Crippen LogP contribution is 2.34. The number of fused-ring (bicyclic) bond motifs is 1. The van der Waals surface area contributed by atoms with Crippen LogP contribution < -0.4 is 10.1 Å². The monoisotopic (exact) mass is 530 g/mol. The van der Waals surface area contributed by atoms with E-state index >= 15 is 0 Å². The fraction of sp³-hybridized carbons (Fsp3) is 0.250. The minimum absolute atomic E-state index is 0.186. The van der Waals surface area contributed by atoms with Gasteiger partial charge in [0.05, 0.1) is 6.04 Å². The van der Waals surface area contributed by atoms with Gasteiger partial charge in [-0.1, -0.05) is 35.0 Å². The Kier molecular flexibility index (Phi) is 6.86. The average molecular weight is 531 g/mol. The minimum atomic E-state index is -0.356. The lowest BCUT2D eigenvalue weighted by Crippen LogP contribution is -2.28. The summed E-state index contributed by atoms with van der Waals surface area (Å²) >= 11 is 6.70. The van der Waals surface area contributed by atoms with Gasteiger partial charge in [0.25, 0.3) is 5.91 Å². The Morgan fingerprint density at radius 3 is 2.71 bits per heavy atom. The molecule has 0 radical (unpaired) electrons. The zero-order valence-corrected chi connectivity index (χ0v) is 22.5. The molecule has 0 spiro atoms. The molecule has 1 N–H and O–H groups in total. The van der Waals surface area contributed by atoms with Gasteiger partial charge < -0.3 is 14.6 Å². The van der Waals surface area contributed by atoms with Crippen molar-refractivity contribution in [1.82, 2.24) is 30.2 Å². The smallest absolute Gasteiger partial charge is 0.273 e. The van der Waals surface area contributed by atoms with Crippen molar-refractivity contribution in [2.24, 2.45) is 7.05 Å². The molecule has 38 heavy (non-hydrogen) atoms. The van der Waals surface area contributed by atoms with Gasteiger partial charge in [0.1, 0.15) is 30.0 Å². The predicted octanol–water partition coefficient (Wildman–Crippen LogP) is 5.67. The number of nitrogens with one attached hydrogen (secondary N) is 1. The summed E-state index contributed by atoms with van der Waals surface area (Å²) in [5.41, 5.74) is 5.31. The van der Waals surface area contributed by atoms with E-state index in [1.807, 2.05) is 64.2 Å². The van der Waals surface area contributed by atoms with Gasteiger partial charge >= 0.3 is 0 Å². The number of amides is 1. The van der Waals surface area contributed by atoms with Crippen LogP contribution in [-0.2, 0) is 13.7 Å². The molecule has 0 fully saturated rings. The highest BCUT2D eigenvalue weighted by atomic mass is 35.5. The molecular weight excluding hydrogens is 504 g/mol. The van der Waals surface area contributed by atoms with Crippen LogP contribution in [0.3, 0.4) is 0 Å². The van der Waals surface area contributed by atoms with Crippen molar-refractivity contribution in [3.05, 3.63) is 87.7 Å². The van der Waals surface area contributed by atoms with Gasteiger partial charge in [-0.15, -0.1) is 0 Å². The number of benzene rings is 2. The third-order valence-corrected chi connectivity index (χ3v) is 6.64. The van der Waals surface area contributed by atoms with E-state index in [9.17, 15) is 4.79 Å². The second-order valence-electron chi connectivity index (χ2n) is 9.29. The lowest BCUT2D eigenvalue weighted by molar-refractivity contribution is 0.0930. The number of halogens is 1. The van der Waals surface area contributed by atoms with E-state index in [4.69, 9.17) is 25.8 Å². The van der Waals surface area contributed by atoms with Crippen molar-refractivity contribution in [3.63, 3.8) is 0 Å². The van der Waals surface area contributed by atoms with Crippen LogP contribution in [0.1, 0.15) is 51.6 Å². The first kappa shape index (κ1) is 25.4. The molecule has 0 saturated carbocycles. The number of rotatable bonds is 7. The van der Waals surface area contributed by atoms with Gasteiger partial charge in [-0.3, -0.25) is 4.79 Å². The Morgan fingerprint density at radius 1 is 1.18 bits per heavy atom. The van der Waals surface area contributed by atoms with Crippen LogP contribution in [0.25, 0.3) is 22.3 Å². The fourth-order valence-electron chi connectivity index (χ4n) is 4.50. The summed E-state index contributed by atoms with van der Waals surface area (Å²) in [6.07, 6.45) is 1.53. The van der Waals surface area contributed by atoms with Gasteiger partial charge in [0.2, 0.25) is 0 Å². The van der Waals surface area contributed by atoms with E-state index in [0.29, 0.717) is 16.5 Å². The summed E-state index contributed by atoms with van der Waals surface area (Å²) in [6, 6.07) is 12.9. The summed E-state index contributed by atoms with van der Waals surface area (Å²) in [5.74, 6) is 1.60. The molecule has 194 valence electrons. The quantitative estimate of drug-likeness (QED) is 0.289. The second-order valence-corrected chi connectivity index (χ2v) is 9.70. The number of aryl methyl sites for hydroxylation is 4. The zero-order valence-electron chi connectivity index (χ0n) is 21.7. The maximum atomic E-state index is 12.7. The fourth-order valence-corrected chi connectivity index (χ4v) is 4.84.